The van der Waals surface area contributed by atoms with Crippen LogP contribution in [-0.4, -0.2) is 40.2 Å². The van der Waals surface area contributed by atoms with Gasteiger partial charge in [-0.2, -0.15) is 11.8 Å². The molecule has 2 nitrogen and oxygen atoms in total. The molecule has 2 rings (SSSR count). The highest BCUT2D eigenvalue weighted by atomic mass is 79.9. The molecular weight excluding hydrogens is 286 g/mol. The molecule has 0 N–H and O–H groups in total. The zero-order chi connectivity index (χ0) is 11.5. The fraction of sp³-hybridized carbons (Fsp3) is 0.917. The van der Waals surface area contributed by atoms with E-state index in [9.17, 15) is 4.79 Å². The SMILES string of the molecule is CC(Br)C1CCN(C(=O)C2CCSC2)CC1. The zero-order valence-corrected chi connectivity index (χ0v) is 12.2. The average molecular weight is 306 g/mol. The Labute approximate surface area is 111 Å². The van der Waals surface area contributed by atoms with Crippen LogP contribution in [0.1, 0.15) is 26.2 Å². The van der Waals surface area contributed by atoms with Gasteiger partial charge in [-0.25, -0.2) is 0 Å². The molecule has 2 unspecified atom stereocenters. The maximum absolute atomic E-state index is 12.2. The zero-order valence-electron chi connectivity index (χ0n) is 9.82. The first kappa shape index (κ1) is 12.7. The monoisotopic (exact) mass is 305 g/mol. The second kappa shape index (κ2) is 5.76. The van der Waals surface area contributed by atoms with Crippen LogP contribution in [0.5, 0.6) is 0 Å². The number of rotatable bonds is 2. The van der Waals surface area contributed by atoms with Gasteiger partial charge in [0, 0.05) is 29.6 Å². The lowest BCUT2D eigenvalue weighted by molar-refractivity contribution is -0.136. The molecule has 0 aromatic carbocycles. The standard InChI is InChI=1S/C12H20BrNOS/c1-9(13)10-2-5-14(6-3-10)12(15)11-4-7-16-8-11/h9-11H,2-8H2,1H3. The second-order valence-corrected chi connectivity index (χ2v) is 7.49. The quantitative estimate of drug-likeness (QED) is 0.731. The molecule has 2 atom stereocenters. The van der Waals surface area contributed by atoms with Gasteiger partial charge in [0.15, 0.2) is 0 Å². The average Bonchev–Trinajstić information content (AvgIpc) is 2.81. The molecule has 2 fully saturated rings. The van der Waals surface area contributed by atoms with E-state index in [1.54, 1.807) is 0 Å². The number of hydrogen-bond donors (Lipinski definition) is 0. The normalized spacial score (nSPS) is 29.4. The number of piperidine rings is 1. The smallest absolute Gasteiger partial charge is 0.226 e. The third-order valence-electron chi connectivity index (χ3n) is 3.78. The molecule has 0 radical (unpaired) electrons. The molecule has 2 aliphatic heterocycles. The van der Waals surface area contributed by atoms with Crippen LogP contribution in [0, 0.1) is 11.8 Å². The molecular formula is C12H20BrNOS. The molecule has 2 heterocycles. The predicted molar refractivity (Wildman–Crippen MR) is 73.1 cm³/mol. The van der Waals surface area contributed by atoms with Crippen molar-refractivity contribution in [3.63, 3.8) is 0 Å². The van der Waals surface area contributed by atoms with Crippen LogP contribution in [0.15, 0.2) is 0 Å². The van der Waals surface area contributed by atoms with Gasteiger partial charge in [-0.15, -0.1) is 0 Å². The Hall–Kier alpha value is 0.300. The number of carbonyl (C=O) groups is 1. The van der Waals surface area contributed by atoms with Gasteiger partial charge >= 0.3 is 0 Å². The van der Waals surface area contributed by atoms with Crippen molar-refractivity contribution < 1.29 is 4.79 Å². The lowest BCUT2D eigenvalue weighted by Gasteiger charge is -2.34. The van der Waals surface area contributed by atoms with E-state index in [0.29, 0.717) is 16.7 Å². The molecule has 4 heteroatoms. The highest BCUT2D eigenvalue weighted by Crippen LogP contribution is 2.29. The Morgan fingerprint density at radius 1 is 1.38 bits per heavy atom. The highest BCUT2D eigenvalue weighted by molar-refractivity contribution is 9.09. The minimum atomic E-state index is 0.322. The van der Waals surface area contributed by atoms with Crippen molar-refractivity contribution in [2.45, 2.75) is 31.0 Å². The van der Waals surface area contributed by atoms with Crippen LogP contribution in [0.4, 0.5) is 0 Å². The number of nitrogens with zero attached hydrogens (tertiary/aromatic N) is 1. The topological polar surface area (TPSA) is 20.3 Å². The molecule has 0 spiro atoms. The van der Waals surface area contributed by atoms with Gasteiger partial charge in [0.25, 0.3) is 0 Å². The molecule has 16 heavy (non-hydrogen) atoms. The van der Waals surface area contributed by atoms with Crippen molar-refractivity contribution >= 4 is 33.6 Å². The molecule has 0 aromatic rings. The van der Waals surface area contributed by atoms with Crippen molar-refractivity contribution in [2.24, 2.45) is 11.8 Å². The van der Waals surface area contributed by atoms with Gasteiger partial charge in [-0.3, -0.25) is 4.79 Å². The van der Waals surface area contributed by atoms with E-state index in [4.69, 9.17) is 0 Å². The summed E-state index contributed by atoms with van der Waals surface area (Å²) >= 11 is 5.58. The maximum atomic E-state index is 12.2. The predicted octanol–water partition coefficient (Wildman–Crippen LogP) is 2.76. The molecule has 2 aliphatic rings. The number of carbonyl (C=O) groups excluding carboxylic acids is 1. The van der Waals surface area contributed by atoms with Crippen LogP contribution in [0.2, 0.25) is 0 Å². The second-order valence-electron chi connectivity index (χ2n) is 4.90. The fourth-order valence-corrected chi connectivity index (χ4v) is 4.31. The summed E-state index contributed by atoms with van der Waals surface area (Å²) in [7, 11) is 0. The number of amides is 1. The third kappa shape index (κ3) is 2.95. The number of halogens is 1. The first-order chi connectivity index (χ1) is 7.68. The van der Waals surface area contributed by atoms with Crippen molar-refractivity contribution in [3.05, 3.63) is 0 Å². The van der Waals surface area contributed by atoms with E-state index in [0.717, 1.165) is 44.0 Å². The lowest BCUT2D eigenvalue weighted by atomic mass is 9.93. The third-order valence-corrected chi connectivity index (χ3v) is 5.69. The largest absolute Gasteiger partial charge is 0.342 e. The van der Waals surface area contributed by atoms with Crippen LogP contribution in [-0.2, 0) is 4.79 Å². The van der Waals surface area contributed by atoms with Gasteiger partial charge < -0.3 is 4.90 Å². The van der Waals surface area contributed by atoms with E-state index < -0.39 is 0 Å². The maximum Gasteiger partial charge on any atom is 0.226 e. The van der Waals surface area contributed by atoms with Gasteiger partial charge in [0.2, 0.25) is 5.91 Å². The Balaban J connectivity index is 1.81. The molecule has 2 saturated heterocycles. The van der Waals surface area contributed by atoms with Gasteiger partial charge in [-0.05, 0) is 30.9 Å². The van der Waals surface area contributed by atoms with Gasteiger partial charge in [0.1, 0.15) is 0 Å². The van der Waals surface area contributed by atoms with Crippen molar-refractivity contribution in [1.82, 2.24) is 4.90 Å². The Morgan fingerprint density at radius 3 is 2.56 bits per heavy atom. The minimum absolute atomic E-state index is 0.322. The van der Waals surface area contributed by atoms with Gasteiger partial charge in [-0.1, -0.05) is 22.9 Å². The Bertz CT molecular complexity index is 245. The fourth-order valence-electron chi connectivity index (χ4n) is 2.57. The summed E-state index contributed by atoms with van der Waals surface area (Å²) in [4.78, 5) is 14.9. The Kier molecular flexibility index (Phi) is 4.59. The molecule has 0 aromatic heterocycles. The van der Waals surface area contributed by atoms with Crippen LogP contribution in [0.3, 0.4) is 0 Å². The number of likely N-dealkylation sites (tertiary alicyclic amines) is 1. The van der Waals surface area contributed by atoms with Crippen molar-refractivity contribution in [3.8, 4) is 0 Å². The van der Waals surface area contributed by atoms with Crippen LogP contribution in [0.25, 0.3) is 0 Å². The molecule has 1 amide bonds. The van der Waals surface area contributed by atoms with Crippen molar-refractivity contribution in [2.75, 3.05) is 24.6 Å². The summed E-state index contributed by atoms with van der Waals surface area (Å²) in [6, 6.07) is 0. The number of hydrogen-bond acceptors (Lipinski definition) is 2. The van der Waals surface area contributed by atoms with Crippen LogP contribution >= 0.6 is 27.7 Å². The van der Waals surface area contributed by atoms with Crippen LogP contribution < -0.4 is 0 Å². The van der Waals surface area contributed by atoms with Gasteiger partial charge in [0.05, 0.1) is 0 Å². The summed E-state index contributed by atoms with van der Waals surface area (Å²) in [6.45, 7) is 4.16. The lowest BCUT2D eigenvalue weighted by Crippen LogP contribution is -2.42. The first-order valence-electron chi connectivity index (χ1n) is 6.19. The molecule has 0 bridgehead atoms. The number of alkyl halides is 1. The highest BCUT2D eigenvalue weighted by Gasteiger charge is 2.31. The van der Waals surface area contributed by atoms with Crippen molar-refractivity contribution in [1.29, 1.82) is 0 Å². The van der Waals surface area contributed by atoms with E-state index in [-0.39, 0.29) is 0 Å². The summed E-state index contributed by atoms with van der Waals surface area (Å²) in [5, 5.41) is 0. The molecule has 0 aliphatic carbocycles. The van der Waals surface area contributed by atoms with E-state index >= 15 is 0 Å². The van der Waals surface area contributed by atoms with E-state index in [2.05, 4.69) is 27.8 Å². The molecule has 0 saturated carbocycles. The summed E-state index contributed by atoms with van der Waals surface area (Å²) in [5.74, 6) is 3.72. The van der Waals surface area contributed by atoms with E-state index in [1.165, 1.54) is 5.75 Å². The summed E-state index contributed by atoms with van der Waals surface area (Å²) < 4.78 is 0. The minimum Gasteiger partial charge on any atom is -0.342 e. The van der Waals surface area contributed by atoms with E-state index in [1.807, 2.05) is 11.8 Å². The Morgan fingerprint density at radius 2 is 2.06 bits per heavy atom. The summed E-state index contributed by atoms with van der Waals surface area (Å²) in [6.07, 6.45) is 3.42. The number of thioether (sulfide) groups is 1. The first-order valence-corrected chi connectivity index (χ1v) is 8.26. The summed E-state index contributed by atoms with van der Waals surface area (Å²) in [5.41, 5.74) is 0. The molecule has 92 valence electrons.